The number of hydrogen-bond donors (Lipinski definition) is 3. The average Bonchev–Trinajstić information content (AvgIpc) is 2.53. The van der Waals surface area contributed by atoms with E-state index >= 15 is 0 Å². The molecule has 3 N–H and O–H groups in total. The number of benzene rings is 1. The third-order valence-electron chi connectivity index (χ3n) is 4.26. The highest BCUT2D eigenvalue weighted by Crippen LogP contribution is 2.49. The standard InChI is InChI=1S/C15H18F6N2O2/c16-14(17,18)13(25,15(19,20)21)11-3-1-10(2-4-11)8-23-6-5-22-7-12(23)9-24/h1-4,12,22,24-25H,5-9H2/t12-/m1/s1. The third-order valence-corrected chi connectivity index (χ3v) is 4.26. The molecule has 10 heteroatoms. The van der Waals surface area contributed by atoms with Gasteiger partial charge in [-0.1, -0.05) is 24.3 Å². The quantitative estimate of drug-likeness (QED) is 0.706. The second kappa shape index (κ2) is 7.10. The van der Waals surface area contributed by atoms with Gasteiger partial charge in [0, 0.05) is 37.8 Å². The highest BCUT2D eigenvalue weighted by molar-refractivity contribution is 5.30. The first-order valence-corrected chi connectivity index (χ1v) is 7.51. The van der Waals surface area contributed by atoms with Crippen LogP contribution in [-0.2, 0) is 12.1 Å². The molecule has 4 nitrogen and oxygen atoms in total. The van der Waals surface area contributed by atoms with Crippen molar-refractivity contribution in [3.63, 3.8) is 0 Å². The molecule has 1 saturated heterocycles. The van der Waals surface area contributed by atoms with Crippen molar-refractivity contribution < 1.29 is 36.6 Å². The molecule has 0 spiro atoms. The highest BCUT2D eigenvalue weighted by Gasteiger charge is 2.71. The minimum atomic E-state index is -5.90. The predicted octanol–water partition coefficient (Wildman–Crippen LogP) is 1.76. The van der Waals surface area contributed by atoms with Crippen LogP contribution in [0.1, 0.15) is 11.1 Å². The van der Waals surface area contributed by atoms with Gasteiger partial charge in [0.2, 0.25) is 0 Å². The van der Waals surface area contributed by atoms with Crippen molar-refractivity contribution in [2.75, 3.05) is 26.2 Å². The molecule has 0 aliphatic carbocycles. The van der Waals surface area contributed by atoms with Gasteiger partial charge in [0.15, 0.2) is 0 Å². The van der Waals surface area contributed by atoms with Gasteiger partial charge in [0.25, 0.3) is 5.60 Å². The van der Waals surface area contributed by atoms with Crippen molar-refractivity contribution in [2.45, 2.75) is 30.5 Å². The molecule has 0 bridgehead atoms. The lowest BCUT2D eigenvalue weighted by atomic mass is 9.91. The second-order valence-electron chi connectivity index (χ2n) is 5.91. The number of piperazine rings is 1. The molecule has 1 fully saturated rings. The molecule has 1 aliphatic rings. The van der Waals surface area contributed by atoms with Gasteiger partial charge in [-0.3, -0.25) is 4.90 Å². The number of nitrogens with zero attached hydrogens (tertiary/aromatic N) is 1. The van der Waals surface area contributed by atoms with Crippen LogP contribution in [0.15, 0.2) is 24.3 Å². The van der Waals surface area contributed by atoms with E-state index in [1.165, 1.54) is 0 Å². The van der Waals surface area contributed by atoms with E-state index < -0.39 is 23.5 Å². The molecular weight excluding hydrogens is 354 g/mol. The Morgan fingerprint density at radius 3 is 2.08 bits per heavy atom. The monoisotopic (exact) mass is 372 g/mol. The van der Waals surface area contributed by atoms with Crippen molar-refractivity contribution in [1.82, 2.24) is 10.2 Å². The summed E-state index contributed by atoms with van der Waals surface area (Å²) in [6, 6.07) is 3.32. The zero-order valence-electron chi connectivity index (χ0n) is 13.0. The lowest BCUT2D eigenvalue weighted by Crippen LogP contribution is -2.54. The second-order valence-corrected chi connectivity index (χ2v) is 5.91. The van der Waals surface area contributed by atoms with Crippen LogP contribution in [-0.4, -0.2) is 59.7 Å². The molecule has 142 valence electrons. The summed E-state index contributed by atoms with van der Waals surface area (Å²) in [5, 5.41) is 21.7. The number of rotatable bonds is 4. The van der Waals surface area contributed by atoms with Crippen LogP contribution < -0.4 is 5.32 Å². The van der Waals surface area contributed by atoms with E-state index in [1.807, 2.05) is 4.90 Å². The normalized spacial score (nSPS) is 20.7. The molecule has 1 aromatic rings. The zero-order chi connectivity index (χ0) is 18.9. The molecule has 1 aliphatic heterocycles. The first kappa shape index (κ1) is 20.0. The van der Waals surface area contributed by atoms with Crippen LogP contribution in [0.3, 0.4) is 0 Å². The number of hydrogen-bond acceptors (Lipinski definition) is 4. The van der Waals surface area contributed by atoms with Gasteiger partial charge >= 0.3 is 12.4 Å². The van der Waals surface area contributed by atoms with Crippen LogP contribution in [0.2, 0.25) is 0 Å². The fourth-order valence-corrected chi connectivity index (χ4v) is 2.77. The number of aliphatic hydroxyl groups excluding tert-OH is 1. The van der Waals surface area contributed by atoms with Gasteiger partial charge in [-0.05, 0) is 5.56 Å². The predicted molar refractivity (Wildman–Crippen MR) is 76.6 cm³/mol. The lowest BCUT2D eigenvalue weighted by Gasteiger charge is -2.35. The van der Waals surface area contributed by atoms with Gasteiger partial charge in [-0.25, -0.2) is 0 Å². The molecule has 0 amide bonds. The summed E-state index contributed by atoms with van der Waals surface area (Å²) in [5.41, 5.74) is -5.72. The smallest absolute Gasteiger partial charge is 0.395 e. The van der Waals surface area contributed by atoms with Crippen molar-refractivity contribution in [1.29, 1.82) is 0 Å². The Balaban J connectivity index is 2.23. The Bertz CT molecular complexity index is 559. The first-order chi connectivity index (χ1) is 11.5. The van der Waals surface area contributed by atoms with Gasteiger partial charge in [0.05, 0.1) is 6.61 Å². The van der Waals surface area contributed by atoms with E-state index in [0.717, 1.165) is 12.1 Å². The van der Waals surface area contributed by atoms with Gasteiger partial charge in [-0.2, -0.15) is 26.3 Å². The van der Waals surface area contributed by atoms with E-state index in [1.54, 1.807) is 0 Å². The summed E-state index contributed by atoms with van der Waals surface area (Å²) < 4.78 is 77.1. The molecule has 0 saturated carbocycles. The number of nitrogens with one attached hydrogen (secondary N) is 1. The SMILES string of the molecule is OC[C@H]1CNCCN1Cc1ccc(C(O)(C(F)(F)F)C(F)(F)F)cc1. The summed E-state index contributed by atoms with van der Waals surface area (Å²) in [7, 11) is 0. The molecule has 1 atom stereocenters. The minimum absolute atomic E-state index is 0.118. The number of halogens is 6. The number of aliphatic hydroxyl groups is 2. The van der Waals surface area contributed by atoms with E-state index in [0.29, 0.717) is 37.3 Å². The zero-order valence-corrected chi connectivity index (χ0v) is 13.0. The third kappa shape index (κ3) is 3.91. The molecule has 0 aromatic heterocycles. The lowest BCUT2D eigenvalue weighted by molar-refractivity contribution is -0.376. The maximum Gasteiger partial charge on any atom is 0.430 e. The van der Waals surface area contributed by atoms with E-state index in [4.69, 9.17) is 0 Å². The summed E-state index contributed by atoms with van der Waals surface area (Å²) in [5.74, 6) is 0. The Hall–Kier alpha value is -1.36. The molecule has 0 radical (unpaired) electrons. The molecule has 2 rings (SSSR count). The largest absolute Gasteiger partial charge is 0.430 e. The minimum Gasteiger partial charge on any atom is -0.395 e. The molecule has 1 heterocycles. The molecular formula is C15H18F6N2O2. The topological polar surface area (TPSA) is 55.7 Å². The fourth-order valence-electron chi connectivity index (χ4n) is 2.77. The van der Waals surface area contributed by atoms with E-state index in [2.05, 4.69) is 5.32 Å². The van der Waals surface area contributed by atoms with Gasteiger partial charge in [-0.15, -0.1) is 0 Å². The molecule has 25 heavy (non-hydrogen) atoms. The molecule has 1 aromatic carbocycles. The fraction of sp³-hybridized carbons (Fsp3) is 0.600. The highest BCUT2D eigenvalue weighted by atomic mass is 19.4. The Kier molecular flexibility index (Phi) is 5.67. The van der Waals surface area contributed by atoms with Crippen LogP contribution >= 0.6 is 0 Å². The Morgan fingerprint density at radius 2 is 1.60 bits per heavy atom. The Morgan fingerprint density at radius 1 is 1.04 bits per heavy atom. The maximum atomic E-state index is 12.8. The van der Waals surface area contributed by atoms with Crippen LogP contribution in [0.25, 0.3) is 0 Å². The van der Waals surface area contributed by atoms with Crippen LogP contribution in [0.5, 0.6) is 0 Å². The summed E-state index contributed by atoms with van der Waals surface area (Å²) in [6.07, 6.45) is -11.8. The summed E-state index contributed by atoms with van der Waals surface area (Å²) in [4.78, 5) is 1.88. The van der Waals surface area contributed by atoms with Crippen molar-refractivity contribution >= 4 is 0 Å². The van der Waals surface area contributed by atoms with Crippen molar-refractivity contribution in [3.8, 4) is 0 Å². The average molecular weight is 372 g/mol. The van der Waals surface area contributed by atoms with Crippen molar-refractivity contribution in [2.24, 2.45) is 0 Å². The molecule has 0 unspecified atom stereocenters. The maximum absolute atomic E-state index is 12.8. The van der Waals surface area contributed by atoms with E-state index in [-0.39, 0.29) is 19.2 Å². The van der Waals surface area contributed by atoms with Crippen LogP contribution in [0.4, 0.5) is 26.3 Å². The van der Waals surface area contributed by atoms with E-state index in [9.17, 15) is 36.6 Å². The van der Waals surface area contributed by atoms with Crippen molar-refractivity contribution in [3.05, 3.63) is 35.4 Å². The van der Waals surface area contributed by atoms with Gasteiger partial charge in [0.1, 0.15) is 0 Å². The van der Waals surface area contributed by atoms with Gasteiger partial charge < -0.3 is 15.5 Å². The first-order valence-electron chi connectivity index (χ1n) is 7.51. The van der Waals surface area contributed by atoms with Crippen LogP contribution in [0, 0.1) is 0 Å². The summed E-state index contributed by atoms with van der Waals surface area (Å²) >= 11 is 0. The summed E-state index contributed by atoms with van der Waals surface area (Å²) in [6.45, 7) is 1.94. The number of alkyl halides is 6. The Labute approximate surface area is 140 Å².